The number of nitrogens with zero attached hydrogens (tertiary/aromatic N) is 1. The van der Waals surface area contributed by atoms with E-state index in [1.54, 1.807) is 12.1 Å². The van der Waals surface area contributed by atoms with Gasteiger partial charge in [-0.1, -0.05) is 31.4 Å². The zero-order valence-corrected chi connectivity index (χ0v) is 14.1. The average molecular weight is 317 g/mol. The van der Waals surface area contributed by atoms with E-state index in [2.05, 4.69) is 15.6 Å². The predicted octanol–water partition coefficient (Wildman–Crippen LogP) is 2.51. The highest BCUT2D eigenvalue weighted by molar-refractivity contribution is 5.89. The van der Waals surface area contributed by atoms with Crippen LogP contribution in [0.5, 0.6) is 0 Å². The lowest BCUT2D eigenvalue weighted by Crippen LogP contribution is -2.44. The van der Waals surface area contributed by atoms with Crippen molar-refractivity contribution in [3.05, 3.63) is 35.4 Å². The first-order valence-corrected chi connectivity index (χ1v) is 8.37. The van der Waals surface area contributed by atoms with Crippen LogP contribution < -0.4 is 10.6 Å². The van der Waals surface area contributed by atoms with E-state index in [4.69, 9.17) is 4.74 Å². The molecule has 0 amide bonds. The van der Waals surface area contributed by atoms with Gasteiger partial charge in [0.15, 0.2) is 5.96 Å². The highest BCUT2D eigenvalue weighted by Gasteiger charge is 2.14. The molecule has 0 atom stereocenters. The number of aliphatic imine (C=N–C) groups is 1. The number of hydrogen-bond acceptors (Lipinski definition) is 3. The van der Waals surface area contributed by atoms with Crippen molar-refractivity contribution < 1.29 is 9.53 Å². The van der Waals surface area contributed by atoms with Gasteiger partial charge in [-0.3, -0.25) is 4.99 Å². The van der Waals surface area contributed by atoms with E-state index >= 15 is 0 Å². The number of hydrogen-bond donors (Lipinski definition) is 2. The lowest BCUT2D eigenvalue weighted by atomic mass is 9.96. The summed E-state index contributed by atoms with van der Waals surface area (Å²) in [6, 6.07) is 8.08. The Morgan fingerprint density at radius 3 is 2.52 bits per heavy atom. The predicted molar refractivity (Wildman–Crippen MR) is 92.9 cm³/mol. The van der Waals surface area contributed by atoms with Crippen molar-refractivity contribution in [2.75, 3.05) is 20.7 Å². The average Bonchev–Trinajstić information content (AvgIpc) is 2.61. The lowest BCUT2D eigenvalue weighted by Gasteiger charge is -2.24. The normalized spacial score (nSPS) is 16.0. The van der Waals surface area contributed by atoms with Crippen LogP contribution in [0.4, 0.5) is 0 Å². The molecule has 0 saturated heterocycles. The summed E-state index contributed by atoms with van der Waals surface area (Å²) in [5.74, 6) is 0.579. The third kappa shape index (κ3) is 5.58. The van der Waals surface area contributed by atoms with Crippen LogP contribution in [0.15, 0.2) is 29.3 Å². The first-order chi connectivity index (χ1) is 11.2. The van der Waals surface area contributed by atoms with Crippen molar-refractivity contribution in [2.24, 2.45) is 4.99 Å². The topological polar surface area (TPSA) is 62.7 Å². The third-order valence-corrected chi connectivity index (χ3v) is 4.25. The van der Waals surface area contributed by atoms with Crippen LogP contribution in [-0.4, -0.2) is 38.7 Å². The number of carbonyl (C=O) groups excluding carboxylic acids is 1. The molecule has 5 heteroatoms. The Bertz CT molecular complexity index is 520. The molecule has 1 aliphatic rings. The molecule has 0 bridgehead atoms. The van der Waals surface area contributed by atoms with Gasteiger partial charge in [0.25, 0.3) is 0 Å². The largest absolute Gasteiger partial charge is 0.465 e. The van der Waals surface area contributed by atoms with Gasteiger partial charge in [-0.15, -0.1) is 0 Å². The van der Waals surface area contributed by atoms with Gasteiger partial charge in [0.1, 0.15) is 0 Å². The number of esters is 1. The number of rotatable bonds is 5. The van der Waals surface area contributed by atoms with Gasteiger partial charge in [-0.2, -0.15) is 0 Å². The van der Waals surface area contributed by atoms with E-state index in [9.17, 15) is 4.79 Å². The van der Waals surface area contributed by atoms with Crippen LogP contribution in [-0.2, 0) is 11.2 Å². The molecular formula is C18H27N3O2. The molecule has 1 fully saturated rings. The fourth-order valence-corrected chi connectivity index (χ4v) is 2.89. The quantitative estimate of drug-likeness (QED) is 0.498. The summed E-state index contributed by atoms with van der Waals surface area (Å²) in [6.07, 6.45) is 7.31. The van der Waals surface area contributed by atoms with Gasteiger partial charge in [0.2, 0.25) is 0 Å². The number of methoxy groups -OCH3 is 1. The minimum absolute atomic E-state index is 0.299. The first-order valence-electron chi connectivity index (χ1n) is 8.37. The Morgan fingerprint density at radius 1 is 1.22 bits per heavy atom. The van der Waals surface area contributed by atoms with E-state index in [1.165, 1.54) is 44.8 Å². The molecule has 23 heavy (non-hydrogen) atoms. The van der Waals surface area contributed by atoms with E-state index in [0.717, 1.165) is 18.9 Å². The van der Waals surface area contributed by atoms with Gasteiger partial charge < -0.3 is 15.4 Å². The standard InChI is InChI=1S/C18H27N3O2/c1-19-18(21-16-6-4-3-5-7-16)20-13-12-14-8-10-15(11-9-14)17(22)23-2/h8-11,16H,3-7,12-13H2,1-2H3,(H2,19,20,21). The lowest BCUT2D eigenvalue weighted by molar-refractivity contribution is 0.0600. The van der Waals surface area contributed by atoms with Crippen LogP contribution in [0, 0.1) is 0 Å². The van der Waals surface area contributed by atoms with Crippen LogP contribution in [0.25, 0.3) is 0 Å². The molecule has 1 saturated carbocycles. The van der Waals surface area contributed by atoms with Crippen molar-refractivity contribution in [1.29, 1.82) is 0 Å². The SMILES string of the molecule is CN=C(NCCc1ccc(C(=O)OC)cc1)NC1CCCCC1. The highest BCUT2D eigenvalue weighted by atomic mass is 16.5. The molecule has 126 valence electrons. The highest BCUT2D eigenvalue weighted by Crippen LogP contribution is 2.17. The zero-order valence-electron chi connectivity index (χ0n) is 14.1. The van der Waals surface area contributed by atoms with Crippen molar-refractivity contribution in [3.63, 3.8) is 0 Å². The van der Waals surface area contributed by atoms with E-state index in [0.29, 0.717) is 11.6 Å². The van der Waals surface area contributed by atoms with E-state index in [-0.39, 0.29) is 5.97 Å². The van der Waals surface area contributed by atoms with Gasteiger partial charge in [-0.05, 0) is 37.0 Å². The number of guanidine groups is 1. The molecule has 1 aromatic rings. The monoisotopic (exact) mass is 317 g/mol. The van der Waals surface area contributed by atoms with Gasteiger partial charge in [0.05, 0.1) is 12.7 Å². The van der Waals surface area contributed by atoms with Crippen molar-refractivity contribution in [1.82, 2.24) is 10.6 Å². The number of carbonyl (C=O) groups is 1. The maximum absolute atomic E-state index is 11.4. The summed E-state index contributed by atoms with van der Waals surface area (Å²) in [5, 5.41) is 6.86. The molecule has 5 nitrogen and oxygen atoms in total. The van der Waals surface area contributed by atoms with Crippen LogP contribution >= 0.6 is 0 Å². The molecule has 2 rings (SSSR count). The molecule has 0 radical (unpaired) electrons. The van der Waals surface area contributed by atoms with Crippen molar-refractivity contribution >= 4 is 11.9 Å². The molecule has 0 aromatic heterocycles. The Hall–Kier alpha value is -2.04. The van der Waals surface area contributed by atoms with E-state index in [1.807, 2.05) is 19.2 Å². The zero-order chi connectivity index (χ0) is 16.5. The summed E-state index contributed by atoms with van der Waals surface area (Å²) in [7, 11) is 3.20. The van der Waals surface area contributed by atoms with Crippen molar-refractivity contribution in [3.8, 4) is 0 Å². The molecule has 1 aromatic carbocycles. The maximum Gasteiger partial charge on any atom is 0.337 e. The van der Waals surface area contributed by atoms with Crippen LogP contribution in [0.3, 0.4) is 0 Å². The van der Waals surface area contributed by atoms with E-state index < -0.39 is 0 Å². The molecule has 2 N–H and O–H groups in total. The molecule has 0 spiro atoms. The maximum atomic E-state index is 11.4. The molecule has 0 heterocycles. The second-order valence-electron chi connectivity index (χ2n) is 5.92. The van der Waals surface area contributed by atoms with Gasteiger partial charge in [0, 0.05) is 19.6 Å². The fraction of sp³-hybridized carbons (Fsp3) is 0.556. The minimum atomic E-state index is -0.299. The Labute approximate surface area is 138 Å². The number of benzene rings is 1. The van der Waals surface area contributed by atoms with Gasteiger partial charge in [-0.25, -0.2) is 4.79 Å². The first kappa shape index (κ1) is 17.3. The molecule has 0 aliphatic heterocycles. The Morgan fingerprint density at radius 2 is 1.91 bits per heavy atom. The second kappa shape index (κ2) is 9.18. The summed E-state index contributed by atoms with van der Waals surface area (Å²) in [5.41, 5.74) is 1.76. The molecular weight excluding hydrogens is 290 g/mol. The second-order valence-corrected chi connectivity index (χ2v) is 5.92. The Kier molecular flexibility index (Phi) is 6.91. The van der Waals surface area contributed by atoms with Crippen LogP contribution in [0.2, 0.25) is 0 Å². The minimum Gasteiger partial charge on any atom is -0.465 e. The third-order valence-electron chi connectivity index (χ3n) is 4.25. The summed E-state index contributed by atoms with van der Waals surface area (Å²) >= 11 is 0. The molecule has 1 aliphatic carbocycles. The Balaban J connectivity index is 1.75. The summed E-state index contributed by atoms with van der Waals surface area (Å²) in [4.78, 5) is 15.7. The summed E-state index contributed by atoms with van der Waals surface area (Å²) in [6.45, 7) is 0.809. The van der Waals surface area contributed by atoms with Gasteiger partial charge >= 0.3 is 5.97 Å². The summed E-state index contributed by atoms with van der Waals surface area (Å²) < 4.78 is 4.70. The molecule has 0 unspecified atom stereocenters. The van der Waals surface area contributed by atoms with Crippen LogP contribution in [0.1, 0.15) is 48.0 Å². The number of ether oxygens (including phenoxy) is 1. The van der Waals surface area contributed by atoms with Crippen molar-refractivity contribution in [2.45, 2.75) is 44.6 Å². The number of nitrogens with one attached hydrogen (secondary N) is 2. The smallest absolute Gasteiger partial charge is 0.337 e. The fourth-order valence-electron chi connectivity index (χ4n) is 2.89.